The summed E-state index contributed by atoms with van der Waals surface area (Å²) in [6.45, 7) is 0.0828. The molecule has 0 radical (unpaired) electrons. The number of rotatable bonds is 5. The minimum absolute atomic E-state index is 0.0265. The molecular formula is C16H14ClF3N2O. The van der Waals surface area contributed by atoms with E-state index in [2.05, 4.69) is 10.6 Å². The second-order valence-electron chi connectivity index (χ2n) is 4.78. The Labute approximate surface area is 136 Å². The Balaban J connectivity index is 1.89. The first-order chi connectivity index (χ1) is 10.9. The molecule has 0 aromatic heterocycles. The third kappa shape index (κ3) is 5.17. The van der Waals surface area contributed by atoms with Crippen LogP contribution in [0.1, 0.15) is 12.0 Å². The summed E-state index contributed by atoms with van der Waals surface area (Å²) in [5.74, 6) is -0.316. The lowest BCUT2D eigenvalue weighted by molar-refractivity contribution is -0.137. The molecule has 2 N–H and O–H groups in total. The van der Waals surface area contributed by atoms with Gasteiger partial charge in [-0.2, -0.15) is 13.2 Å². The number of hydrogen-bond donors (Lipinski definition) is 2. The van der Waals surface area contributed by atoms with E-state index in [4.69, 9.17) is 11.6 Å². The monoisotopic (exact) mass is 342 g/mol. The Morgan fingerprint density at radius 1 is 1.09 bits per heavy atom. The number of anilines is 2. The zero-order chi connectivity index (χ0) is 16.9. The number of nitrogens with one attached hydrogen (secondary N) is 2. The van der Waals surface area contributed by atoms with Gasteiger partial charge in [0.2, 0.25) is 5.91 Å². The van der Waals surface area contributed by atoms with Crippen molar-refractivity contribution in [2.75, 3.05) is 17.2 Å². The van der Waals surface area contributed by atoms with Gasteiger partial charge in [0, 0.05) is 29.4 Å². The summed E-state index contributed by atoms with van der Waals surface area (Å²) >= 11 is 5.80. The van der Waals surface area contributed by atoms with Crippen molar-refractivity contribution in [2.24, 2.45) is 0 Å². The van der Waals surface area contributed by atoms with E-state index in [1.807, 2.05) is 0 Å². The highest BCUT2D eigenvalue weighted by atomic mass is 35.5. The lowest BCUT2D eigenvalue weighted by atomic mass is 10.1. The van der Waals surface area contributed by atoms with E-state index in [1.165, 1.54) is 18.2 Å². The SMILES string of the molecule is O=C(CCNc1ccccc1C(F)(F)F)Nc1cccc(Cl)c1. The van der Waals surface area contributed by atoms with E-state index in [9.17, 15) is 18.0 Å². The van der Waals surface area contributed by atoms with Crippen molar-refractivity contribution in [1.82, 2.24) is 0 Å². The molecule has 0 atom stereocenters. The minimum atomic E-state index is -4.44. The Morgan fingerprint density at radius 3 is 2.52 bits per heavy atom. The van der Waals surface area contributed by atoms with Gasteiger partial charge >= 0.3 is 6.18 Å². The molecule has 0 saturated carbocycles. The van der Waals surface area contributed by atoms with Crippen molar-refractivity contribution in [3.63, 3.8) is 0 Å². The van der Waals surface area contributed by atoms with Gasteiger partial charge < -0.3 is 10.6 Å². The van der Waals surface area contributed by atoms with Crippen LogP contribution in [-0.4, -0.2) is 12.5 Å². The summed E-state index contributed by atoms with van der Waals surface area (Å²) in [5, 5.41) is 5.76. The number of amides is 1. The van der Waals surface area contributed by atoms with Gasteiger partial charge in [-0.15, -0.1) is 0 Å². The highest BCUT2D eigenvalue weighted by Gasteiger charge is 2.32. The van der Waals surface area contributed by atoms with Crippen LogP contribution in [0.15, 0.2) is 48.5 Å². The Bertz CT molecular complexity index is 689. The van der Waals surface area contributed by atoms with Gasteiger partial charge in [-0.05, 0) is 30.3 Å². The topological polar surface area (TPSA) is 41.1 Å². The molecule has 0 spiro atoms. The van der Waals surface area contributed by atoms with Gasteiger partial charge in [0.1, 0.15) is 0 Å². The third-order valence-corrected chi connectivity index (χ3v) is 3.24. The van der Waals surface area contributed by atoms with E-state index in [-0.39, 0.29) is 24.6 Å². The Kier molecular flexibility index (Phi) is 5.50. The lowest BCUT2D eigenvalue weighted by Gasteiger charge is -2.14. The summed E-state index contributed by atoms with van der Waals surface area (Å²) in [7, 11) is 0. The Morgan fingerprint density at radius 2 is 1.83 bits per heavy atom. The average Bonchev–Trinajstić information content (AvgIpc) is 2.46. The predicted molar refractivity (Wildman–Crippen MR) is 84.6 cm³/mol. The number of carbonyl (C=O) groups is 1. The molecule has 0 bridgehead atoms. The van der Waals surface area contributed by atoms with Crippen molar-refractivity contribution in [3.8, 4) is 0 Å². The second-order valence-corrected chi connectivity index (χ2v) is 5.22. The average molecular weight is 343 g/mol. The molecule has 0 aliphatic rings. The quantitative estimate of drug-likeness (QED) is 0.819. The minimum Gasteiger partial charge on any atom is -0.384 e. The molecule has 7 heteroatoms. The van der Waals surface area contributed by atoms with E-state index in [1.54, 1.807) is 24.3 Å². The maximum absolute atomic E-state index is 12.8. The van der Waals surface area contributed by atoms with E-state index >= 15 is 0 Å². The summed E-state index contributed by atoms with van der Waals surface area (Å²) in [5.41, 5.74) is -0.260. The predicted octanol–water partition coefficient (Wildman–Crippen LogP) is 4.80. The van der Waals surface area contributed by atoms with Crippen molar-refractivity contribution < 1.29 is 18.0 Å². The first kappa shape index (κ1) is 17.1. The fourth-order valence-corrected chi connectivity index (χ4v) is 2.18. The van der Waals surface area contributed by atoms with Crippen LogP contribution in [0.25, 0.3) is 0 Å². The summed E-state index contributed by atoms with van der Waals surface area (Å²) in [4.78, 5) is 11.8. The van der Waals surface area contributed by atoms with Crippen LogP contribution in [0.4, 0.5) is 24.5 Å². The molecular weight excluding hydrogens is 329 g/mol. The van der Waals surface area contributed by atoms with Crippen LogP contribution in [-0.2, 0) is 11.0 Å². The lowest BCUT2D eigenvalue weighted by Crippen LogP contribution is -2.17. The molecule has 2 aromatic carbocycles. The fraction of sp³-hybridized carbons (Fsp3) is 0.188. The highest BCUT2D eigenvalue weighted by Crippen LogP contribution is 2.34. The molecule has 122 valence electrons. The first-order valence-corrected chi connectivity index (χ1v) is 7.19. The normalized spacial score (nSPS) is 11.1. The molecule has 23 heavy (non-hydrogen) atoms. The smallest absolute Gasteiger partial charge is 0.384 e. The van der Waals surface area contributed by atoms with Gasteiger partial charge in [-0.1, -0.05) is 29.8 Å². The van der Waals surface area contributed by atoms with Crippen LogP contribution >= 0.6 is 11.6 Å². The van der Waals surface area contributed by atoms with Crippen LogP contribution in [0.5, 0.6) is 0 Å². The zero-order valence-electron chi connectivity index (χ0n) is 12.0. The van der Waals surface area contributed by atoms with E-state index in [0.29, 0.717) is 10.7 Å². The van der Waals surface area contributed by atoms with Crippen LogP contribution in [0.3, 0.4) is 0 Å². The molecule has 0 unspecified atom stereocenters. The molecule has 1 amide bonds. The van der Waals surface area contributed by atoms with Crippen molar-refractivity contribution in [3.05, 3.63) is 59.1 Å². The Hall–Kier alpha value is -2.21. The molecule has 0 saturated heterocycles. The van der Waals surface area contributed by atoms with Gasteiger partial charge in [-0.25, -0.2) is 0 Å². The zero-order valence-corrected chi connectivity index (χ0v) is 12.7. The van der Waals surface area contributed by atoms with E-state index in [0.717, 1.165) is 6.07 Å². The van der Waals surface area contributed by atoms with Crippen LogP contribution in [0, 0.1) is 0 Å². The largest absolute Gasteiger partial charge is 0.418 e. The van der Waals surface area contributed by atoms with Crippen molar-refractivity contribution in [2.45, 2.75) is 12.6 Å². The van der Waals surface area contributed by atoms with Crippen molar-refractivity contribution >= 4 is 28.9 Å². The number of halogens is 4. The molecule has 0 fully saturated rings. The first-order valence-electron chi connectivity index (χ1n) is 6.82. The summed E-state index contributed by atoms with van der Waals surface area (Å²) in [6, 6.07) is 11.8. The third-order valence-electron chi connectivity index (χ3n) is 3.01. The number of alkyl halides is 3. The number of carbonyl (C=O) groups excluding carboxylic acids is 1. The number of benzene rings is 2. The summed E-state index contributed by atoms with van der Waals surface area (Å²) < 4.78 is 38.5. The van der Waals surface area contributed by atoms with Crippen LogP contribution in [0.2, 0.25) is 5.02 Å². The maximum Gasteiger partial charge on any atom is 0.418 e. The second kappa shape index (κ2) is 7.37. The van der Waals surface area contributed by atoms with Crippen molar-refractivity contribution in [1.29, 1.82) is 0 Å². The molecule has 0 aliphatic carbocycles. The molecule has 0 aliphatic heterocycles. The van der Waals surface area contributed by atoms with Gasteiger partial charge in [0.15, 0.2) is 0 Å². The molecule has 2 rings (SSSR count). The van der Waals surface area contributed by atoms with Gasteiger partial charge in [-0.3, -0.25) is 4.79 Å². The van der Waals surface area contributed by atoms with Gasteiger partial charge in [0.25, 0.3) is 0 Å². The molecule has 0 heterocycles. The summed E-state index contributed by atoms with van der Waals surface area (Å²) in [6.07, 6.45) is -4.41. The molecule has 2 aromatic rings. The number of hydrogen-bond acceptors (Lipinski definition) is 2. The van der Waals surface area contributed by atoms with Crippen LogP contribution < -0.4 is 10.6 Å². The fourth-order valence-electron chi connectivity index (χ4n) is 1.98. The van der Waals surface area contributed by atoms with E-state index < -0.39 is 11.7 Å². The maximum atomic E-state index is 12.8. The number of para-hydroxylation sites is 1. The highest BCUT2D eigenvalue weighted by molar-refractivity contribution is 6.30. The molecule has 3 nitrogen and oxygen atoms in total. The standard InChI is InChI=1S/C16H14ClF3N2O/c17-11-4-3-5-12(10-11)22-15(23)8-9-21-14-7-2-1-6-13(14)16(18,19)20/h1-7,10,21H,8-9H2,(H,22,23). The van der Waals surface area contributed by atoms with Gasteiger partial charge in [0.05, 0.1) is 5.56 Å².